The minimum absolute atomic E-state index is 0.118. The first-order chi connectivity index (χ1) is 15.9. The average molecular weight is 489 g/mol. The number of halogens is 1. The molecule has 1 aromatic heterocycles. The van der Waals surface area contributed by atoms with Crippen LogP contribution in [-0.4, -0.2) is 37.8 Å². The molecule has 10 heteroatoms. The molecule has 2 aromatic carbocycles. The van der Waals surface area contributed by atoms with E-state index < -0.39 is 11.9 Å². The lowest BCUT2D eigenvalue weighted by Gasteiger charge is -2.32. The molecule has 2 heterocycles. The summed E-state index contributed by atoms with van der Waals surface area (Å²) in [6, 6.07) is 12.2. The third kappa shape index (κ3) is 4.21. The van der Waals surface area contributed by atoms with E-state index in [0.717, 1.165) is 16.9 Å². The highest BCUT2D eigenvalue weighted by Gasteiger charge is 2.38. The average Bonchev–Trinajstić information content (AvgIpc) is 3.13. The monoisotopic (exact) mass is 488 g/mol. The van der Waals surface area contributed by atoms with Gasteiger partial charge in [0.1, 0.15) is 12.4 Å². The van der Waals surface area contributed by atoms with E-state index in [2.05, 4.69) is 0 Å². The zero-order valence-corrected chi connectivity index (χ0v) is 19.7. The Kier molecular flexibility index (Phi) is 6.44. The van der Waals surface area contributed by atoms with Crippen molar-refractivity contribution in [2.24, 2.45) is 0 Å². The topological polar surface area (TPSA) is 87.1 Å². The first kappa shape index (κ1) is 22.9. The molecule has 3 aromatic rings. The van der Waals surface area contributed by atoms with E-state index in [0.29, 0.717) is 32.9 Å². The minimum atomic E-state index is -0.593. The lowest BCUT2D eigenvalue weighted by molar-refractivity contribution is -0.141. The minimum Gasteiger partial charge on any atom is -0.493 e. The van der Waals surface area contributed by atoms with Crippen LogP contribution in [0, 0.1) is 0 Å². The Balaban J connectivity index is 1.92. The van der Waals surface area contributed by atoms with Crippen LogP contribution < -0.4 is 19.2 Å². The van der Waals surface area contributed by atoms with Crippen LogP contribution in [0.25, 0.3) is 0 Å². The lowest BCUT2D eigenvalue weighted by Crippen LogP contribution is -2.36. The molecule has 1 aliphatic rings. The van der Waals surface area contributed by atoms with Gasteiger partial charge in [-0.25, -0.2) is 0 Å². The fraction of sp³-hybridized carbons (Fsp3) is 0.261. The maximum Gasteiger partial charge on any atom is 0.325 e. The van der Waals surface area contributed by atoms with Crippen molar-refractivity contribution in [1.29, 1.82) is 0 Å². The highest BCUT2D eigenvalue weighted by Crippen LogP contribution is 2.46. The second-order valence-corrected chi connectivity index (χ2v) is 8.73. The number of hydrogen-bond donors (Lipinski definition) is 0. The van der Waals surface area contributed by atoms with Gasteiger partial charge in [0.05, 0.1) is 31.9 Å². The zero-order chi connectivity index (χ0) is 23.7. The summed E-state index contributed by atoms with van der Waals surface area (Å²) in [5, 5.41) is 0.445. The fourth-order valence-electron chi connectivity index (χ4n) is 3.90. The molecule has 0 saturated heterocycles. The summed E-state index contributed by atoms with van der Waals surface area (Å²) in [6.45, 7) is -0.315. The summed E-state index contributed by atoms with van der Waals surface area (Å²) in [6.07, 6.45) is 0.118. The van der Waals surface area contributed by atoms with Gasteiger partial charge in [0, 0.05) is 17.4 Å². The highest BCUT2D eigenvalue weighted by molar-refractivity contribution is 7.10. The number of esters is 1. The number of anilines is 2. The molecule has 0 aliphatic carbocycles. The number of fused-ring (bicyclic) bond motifs is 1. The number of methoxy groups -OCH3 is 3. The van der Waals surface area contributed by atoms with Crippen molar-refractivity contribution < 1.29 is 23.8 Å². The predicted octanol–water partition coefficient (Wildman–Crippen LogP) is 3.95. The van der Waals surface area contributed by atoms with Crippen molar-refractivity contribution in [3.63, 3.8) is 0 Å². The molecule has 1 amide bonds. The Morgan fingerprint density at radius 3 is 2.52 bits per heavy atom. The summed E-state index contributed by atoms with van der Waals surface area (Å²) in [4.78, 5) is 40.2. The molecule has 0 bridgehead atoms. The number of ether oxygens (including phenoxy) is 3. The number of nitrogens with zero attached hydrogens (tertiary/aromatic N) is 2. The lowest BCUT2D eigenvalue weighted by atomic mass is 9.90. The molecule has 0 spiro atoms. The van der Waals surface area contributed by atoms with Gasteiger partial charge in [0.25, 0.3) is 0 Å². The van der Waals surface area contributed by atoms with Gasteiger partial charge in [0.15, 0.2) is 11.5 Å². The fourth-order valence-corrected chi connectivity index (χ4v) is 5.19. The normalized spacial score (nSPS) is 15.2. The Morgan fingerprint density at radius 1 is 1.09 bits per heavy atom. The van der Waals surface area contributed by atoms with E-state index in [1.807, 2.05) is 6.07 Å². The number of thiazole rings is 1. The standard InChI is InChI=1S/C23H21ClN2O6S/c1-30-17-8-7-13(9-18(17)31-2)16-11-19(27)26(15-6-4-5-14(24)10-15)22-21(16)33-23(29)25(22)12-20(28)32-3/h4-10,16H,11-12H2,1-3H3. The molecule has 0 N–H and O–H groups in total. The van der Waals surface area contributed by atoms with Gasteiger partial charge in [-0.2, -0.15) is 0 Å². The van der Waals surface area contributed by atoms with E-state index in [-0.39, 0.29) is 23.7 Å². The van der Waals surface area contributed by atoms with Gasteiger partial charge in [0.2, 0.25) is 5.91 Å². The number of carbonyl (C=O) groups is 2. The molecule has 1 aliphatic heterocycles. The van der Waals surface area contributed by atoms with Gasteiger partial charge < -0.3 is 14.2 Å². The first-order valence-electron chi connectivity index (χ1n) is 9.98. The summed E-state index contributed by atoms with van der Waals surface area (Å²) in [7, 11) is 4.32. The van der Waals surface area contributed by atoms with Gasteiger partial charge in [-0.3, -0.25) is 23.9 Å². The number of carbonyl (C=O) groups excluding carboxylic acids is 2. The van der Waals surface area contributed by atoms with Crippen LogP contribution in [0.5, 0.6) is 11.5 Å². The van der Waals surface area contributed by atoms with Crippen molar-refractivity contribution in [2.75, 3.05) is 26.2 Å². The number of rotatable bonds is 6. The maximum atomic E-state index is 13.4. The number of benzene rings is 2. The van der Waals surface area contributed by atoms with Crippen LogP contribution in [-0.2, 0) is 20.9 Å². The van der Waals surface area contributed by atoms with Gasteiger partial charge in [-0.05, 0) is 35.9 Å². The molecule has 8 nitrogen and oxygen atoms in total. The molecular formula is C23H21ClN2O6S. The van der Waals surface area contributed by atoms with Crippen molar-refractivity contribution in [2.45, 2.75) is 18.9 Å². The van der Waals surface area contributed by atoms with Crippen molar-refractivity contribution in [3.05, 3.63) is 67.6 Å². The second kappa shape index (κ2) is 9.29. The van der Waals surface area contributed by atoms with E-state index in [1.165, 1.54) is 23.7 Å². The van der Waals surface area contributed by atoms with Crippen LogP contribution in [0.15, 0.2) is 47.3 Å². The van der Waals surface area contributed by atoms with Crippen molar-refractivity contribution >= 4 is 46.3 Å². The first-order valence-corrected chi connectivity index (χ1v) is 11.2. The smallest absolute Gasteiger partial charge is 0.325 e. The molecule has 0 saturated carbocycles. The Labute approximate surface area is 198 Å². The molecule has 1 atom stereocenters. The van der Waals surface area contributed by atoms with Crippen LogP contribution in [0.1, 0.15) is 22.8 Å². The Hall–Kier alpha value is -3.30. The van der Waals surface area contributed by atoms with Gasteiger partial charge in [-0.15, -0.1) is 0 Å². The van der Waals surface area contributed by atoms with E-state index in [1.54, 1.807) is 43.5 Å². The maximum absolute atomic E-state index is 13.4. The van der Waals surface area contributed by atoms with Crippen LogP contribution >= 0.6 is 22.9 Å². The molecule has 0 fully saturated rings. The van der Waals surface area contributed by atoms with E-state index in [9.17, 15) is 14.4 Å². The Morgan fingerprint density at radius 2 is 1.85 bits per heavy atom. The summed E-state index contributed by atoms with van der Waals surface area (Å²) in [5.41, 5.74) is 1.30. The van der Waals surface area contributed by atoms with Crippen LogP contribution in [0.3, 0.4) is 0 Å². The van der Waals surface area contributed by atoms with Crippen molar-refractivity contribution in [1.82, 2.24) is 4.57 Å². The Bertz CT molecular complexity index is 1280. The zero-order valence-electron chi connectivity index (χ0n) is 18.2. The molecule has 33 heavy (non-hydrogen) atoms. The number of aromatic nitrogens is 1. The molecular weight excluding hydrogens is 468 g/mol. The predicted molar refractivity (Wildman–Crippen MR) is 125 cm³/mol. The van der Waals surface area contributed by atoms with Crippen LogP contribution in [0.4, 0.5) is 11.5 Å². The second-order valence-electron chi connectivity index (χ2n) is 7.30. The van der Waals surface area contributed by atoms with Crippen LogP contribution in [0.2, 0.25) is 5.02 Å². The van der Waals surface area contributed by atoms with Gasteiger partial charge in [-0.1, -0.05) is 35.1 Å². The quantitative estimate of drug-likeness (QED) is 0.488. The third-order valence-corrected chi connectivity index (χ3v) is 6.76. The summed E-state index contributed by atoms with van der Waals surface area (Å²) in [5.74, 6) is 0.182. The van der Waals surface area contributed by atoms with Crippen molar-refractivity contribution in [3.8, 4) is 11.5 Å². The summed E-state index contributed by atoms with van der Waals surface area (Å²) < 4.78 is 16.8. The number of hydrogen-bond acceptors (Lipinski definition) is 7. The van der Waals surface area contributed by atoms with E-state index >= 15 is 0 Å². The molecule has 1 unspecified atom stereocenters. The molecule has 0 radical (unpaired) electrons. The number of amides is 1. The largest absolute Gasteiger partial charge is 0.493 e. The molecule has 172 valence electrons. The van der Waals surface area contributed by atoms with E-state index in [4.69, 9.17) is 25.8 Å². The summed E-state index contributed by atoms with van der Waals surface area (Å²) >= 11 is 7.17. The SMILES string of the molecule is COC(=O)Cn1c2c(sc1=O)C(c1ccc(OC)c(OC)c1)CC(=O)N2c1cccc(Cl)c1. The van der Waals surface area contributed by atoms with Gasteiger partial charge >= 0.3 is 10.8 Å². The molecule has 4 rings (SSSR count). The highest BCUT2D eigenvalue weighted by atomic mass is 35.5. The third-order valence-electron chi connectivity index (χ3n) is 5.44.